The molecular formula is C9H12N2. The van der Waals surface area contributed by atoms with Gasteiger partial charge in [0.15, 0.2) is 0 Å². The summed E-state index contributed by atoms with van der Waals surface area (Å²) in [6.07, 6.45) is 12.1. The van der Waals surface area contributed by atoms with Gasteiger partial charge in [-0.05, 0) is 12.3 Å². The van der Waals surface area contributed by atoms with Crippen molar-refractivity contribution < 1.29 is 0 Å². The van der Waals surface area contributed by atoms with Crippen LogP contribution >= 0.6 is 0 Å². The lowest BCUT2D eigenvalue weighted by Gasteiger charge is -1.95. The maximum atomic E-state index is 6.83. The fourth-order valence-corrected chi connectivity index (χ4v) is 0.590. The molecule has 0 atom stereocenters. The Morgan fingerprint density at radius 3 is 2.82 bits per heavy atom. The molecule has 0 spiro atoms. The number of terminal acetylenes is 1. The highest BCUT2D eigenvalue weighted by Crippen LogP contribution is 1.95. The van der Waals surface area contributed by atoms with E-state index in [4.69, 9.17) is 17.6 Å². The van der Waals surface area contributed by atoms with Crippen LogP contribution in [0, 0.1) is 17.8 Å². The first-order chi connectivity index (χ1) is 5.35. The molecule has 0 heterocycles. The van der Waals surface area contributed by atoms with Crippen LogP contribution in [0.4, 0.5) is 0 Å². The maximum Gasteiger partial charge on any atom is 0.0143 e. The first kappa shape index (κ1) is 9.67. The van der Waals surface area contributed by atoms with Gasteiger partial charge >= 0.3 is 0 Å². The van der Waals surface area contributed by atoms with Crippen LogP contribution in [0.5, 0.6) is 0 Å². The minimum Gasteiger partial charge on any atom is -0.327 e. The zero-order valence-electron chi connectivity index (χ0n) is 6.38. The molecular weight excluding hydrogens is 136 g/mol. The molecule has 0 aromatic heterocycles. The van der Waals surface area contributed by atoms with Crippen LogP contribution in [-0.2, 0) is 0 Å². The third-order valence-corrected chi connectivity index (χ3v) is 1.15. The van der Waals surface area contributed by atoms with Crippen LogP contribution in [-0.4, -0.2) is 12.8 Å². The fourth-order valence-electron chi connectivity index (χ4n) is 0.590. The molecule has 2 nitrogen and oxygen atoms in total. The summed E-state index contributed by atoms with van der Waals surface area (Å²) in [7, 11) is 0. The molecule has 11 heavy (non-hydrogen) atoms. The molecule has 0 amide bonds. The Labute approximate surface area is 67.3 Å². The van der Waals surface area contributed by atoms with Gasteiger partial charge in [0, 0.05) is 13.0 Å². The molecule has 0 radical (unpaired) electrons. The zero-order valence-corrected chi connectivity index (χ0v) is 6.38. The third kappa shape index (κ3) is 5.13. The second kappa shape index (κ2) is 6.79. The van der Waals surface area contributed by atoms with Crippen molar-refractivity contribution in [2.75, 3.05) is 6.54 Å². The largest absolute Gasteiger partial charge is 0.327 e. The summed E-state index contributed by atoms with van der Waals surface area (Å²) in [5.74, 6) is 2.37. The average Bonchev–Trinajstić information content (AvgIpc) is 2.03. The lowest BCUT2D eigenvalue weighted by atomic mass is 10.2. The van der Waals surface area contributed by atoms with Crippen molar-refractivity contribution in [3.05, 3.63) is 23.8 Å². The molecule has 0 bridgehead atoms. The maximum absolute atomic E-state index is 6.83. The standard InChI is InChI=1S/C9H12N2/c1-2-3-4-5-9(8-11)6-7-10/h1,3-5,7,10H,6,8,11H2/b4-3-,9-5+,10-7?. The third-order valence-electron chi connectivity index (χ3n) is 1.15. The van der Waals surface area contributed by atoms with Crippen molar-refractivity contribution in [1.82, 2.24) is 0 Å². The van der Waals surface area contributed by atoms with Crippen LogP contribution in [0.25, 0.3) is 0 Å². The average molecular weight is 148 g/mol. The molecule has 0 aromatic carbocycles. The number of allylic oxidation sites excluding steroid dienone is 3. The molecule has 0 unspecified atom stereocenters. The van der Waals surface area contributed by atoms with Gasteiger partial charge in [-0.2, -0.15) is 0 Å². The highest BCUT2D eigenvalue weighted by atomic mass is 14.5. The van der Waals surface area contributed by atoms with E-state index in [0.717, 1.165) is 5.57 Å². The lowest BCUT2D eigenvalue weighted by Crippen LogP contribution is -2.02. The molecule has 0 aliphatic rings. The summed E-state index contributed by atoms with van der Waals surface area (Å²) in [5.41, 5.74) is 6.39. The van der Waals surface area contributed by atoms with Crippen molar-refractivity contribution in [3.63, 3.8) is 0 Å². The first-order valence-corrected chi connectivity index (χ1v) is 3.34. The summed E-state index contributed by atoms with van der Waals surface area (Å²) in [6.45, 7) is 0.476. The van der Waals surface area contributed by atoms with E-state index in [-0.39, 0.29) is 0 Å². The van der Waals surface area contributed by atoms with Crippen molar-refractivity contribution in [3.8, 4) is 12.3 Å². The van der Waals surface area contributed by atoms with E-state index in [1.807, 2.05) is 6.08 Å². The fraction of sp³-hybridized carbons (Fsp3) is 0.222. The molecule has 0 saturated carbocycles. The van der Waals surface area contributed by atoms with Crippen LogP contribution < -0.4 is 5.73 Å². The second-order valence-corrected chi connectivity index (χ2v) is 1.96. The quantitative estimate of drug-likeness (QED) is 0.350. The van der Waals surface area contributed by atoms with Gasteiger partial charge in [0.1, 0.15) is 0 Å². The van der Waals surface area contributed by atoms with Gasteiger partial charge in [0.05, 0.1) is 0 Å². The minimum atomic E-state index is 0.476. The van der Waals surface area contributed by atoms with Crippen molar-refractivity contribution in [2.45, 2.75) is 6.42 Å². The lowest BCUT2D eigenvalue weighted by molar-refractivity contribution is 1.10. The first-order valence-electron chi connectivity index (χ1n) is 3.34. The predicted molar refractivity (Wildman–Crippen MR) is 48.5 cm³/mol. The van der Waals surface area contributed by atoms with Gasteiger partial charge in [-0.25, -0.2) is 0 Å². The topological polar surface area (TPSA) is 49.9 Å². The van der Waals surface area contributed by atoms with Crippen molar-refractivity contribution in [1.29, 1.82) is 5.41 Å². The Hall–Kier alpha value is -1.33. The van der Waals surface area contributed by atoms with Gasteiger partial charge in [0.25, 0.3) is 0 Å². The number of nitrogens with two attached hydrogens (primary N) is 1. The Morgan fingerprint density at radius 2 is 2.36 bits per heavy atom. The molecule has 0 saturated heterocycles. The van der Waals surface area contributed by atoms with Crippen LogP contribution in [0.15, 0.2) is 23.8 Å². The van der Waals surface area contributed by atoms with Crippen molar-refractivity contribution in [2.24, 2.45) is 5.73 Å². The Bertz CT molecular complexity index is 206. The Balaban J connectivity index is 4.02. The van der Waals surface area contributed by atoms with E-state index in [1.165, 1.54) is 6.21 Å². The highest BCUT2D eigenvalue weighted by molar-refractivity contribution is 5.57. The second-order valence-electron chi connectivity index (χ2n) is 1.96. The Morgan fingerprint density at radius 1 is 1.64 bits per heavy atom. The summed E-state index contributed by atoms with van der Waals surface area (Å²) in [5, 5.41) is 6.83. The highest BCUT2D eigenvalue weighted by Gasteiger charge is 1.87. The SMILES string of the molecule is C#C/C=C\C=C(\CN)CC=N. The van der Waals surface area contributed by atoms with E-state index in [2.05, 4.69) is 5.92 Å². The van der Waals surface area contributed by atoms with E-state index in [9.17, 15) is 0 Å². The van der Waals surface area contributed by atoms with E-state index >= 15 is 0 Å². The summed E-state index contributed by atoms with van der Waals surface area (Å²) < 4.78 is 0. The van der Waals surface area contributed by atoms with Crippen molar-refractivity contribution >= 4 is 6.21 Å². The summed E-state index contributed by atoms with van der Waals surface area (Å²) in [6, 6.07) is 0. The molecule has 0 aliphatic carbocycles. The molecule has 0 aliphatic heterocycles. The number of hydrogen-bond acceptors (Lipinski definition) is 2. The van der Waals surface area contributed by atoms with Gasteiger partial charge in [0.2, 0.25) is 0 Å². The van der Waals surface area contributed by atoms with Crippen LogP contribution in [0.3, 0.4) is 0 Å². The Kier molecular flexibility index (Phi) is 5.96. The van der Waals surface area contributed by atoms with Crippen LogP contribution in [0.2, 0.25) is 0 Å². The molecule has 2 heteroatoms. The van der Waals surface area contributed by atoms with E-state index in [1.54, 1.807) is 12.2 Å². The van der Waals surface area contributed by atoms with E-state index < -0.39 is 0 Å². The number of hydrogen-bond donors (Lipinski definition) is 2. The van der Waals surface area contributed by atoms with Gasteiger partial charge in [-0.1, -0.05) is 23.6 Å². The van der Waals surface area contributed by atoms with Crippen LogP contribution in [0.1, 0.15) is 6.42 Å². The summed E-state index contributed by atoms with van der Waals surface area (Å²) in [4.78, 5) is 0. The number of nitrogens with one attached hydrogen (secondary N) is 1. The zero-order chi connectivity index (χ0) is 8.53. The predicted octanol–water partition coefficient (Wildman–Crippen LogP) is 1.10. The van der Waals surface area contributed by atoms with Gasteiger partial charge in [-0.3, -0.25) is 0 Å². The molecule has 58 valence electrons. The minimum absolute atomic E-state index is 0.476. The normalized spacial score (nSPS) is 11.5. The molecule has 3 N–H and O–H groups in total. The molecule has 0 fully saturated rings. The molecule has 0 rings (SSSR count). The van der Waals surface area contributed by atoms with Gasteiger partial charge in [-0.15, -0.1) is 6.42 Å². The smallest absolute Gasteiger partial charge is 0.0143 e. The van der Waals surface area contributed by atoms with Gasteiger partial charge < -0.3 is 11.1 Å². The monoisotopic (exact) mass is 148 g/mol. The van der Waals surface area contributed by atoms with E-state index in [0.29, 0.717) is 13.0 Å². The number of rotatable bonds is 4. The molecule has 0 aromatic rings. The summed E-state index contributed by atoms with van der Waals surface area (Å²) >= 11 is 0.